The van der Waals surface area contributed by atoms with Crippen LogP contribution in [0.1, 0.15) is 5.69 Å². The third-order valence-corrected chi connectivity index (χ3v) is 3.36. The van der Waals surface area contributed by atoms with Gasteiger partial charge in [0.2, 0.25) is 0 Å². The van der Waals surface area contributed by atoms with Gasteiger partial charge in [0.1, 0.15) is 12.0 Å². The van der Waals surface area contributed by atoms with Crippen molar-refractivity contribution in [2.24, 2.45) is 0 Å². The average molecular weight is 310 g/mol. The molecule has 1 aromatic carbocycles. The molecule has 86 valence electrons. The number of rotatable bonds is 2. The first-order valence-electron chi connectivity index (χ1n) is 5.01. The number of hydrogen-bond acceptors (Lipinski definition) is 3. The lowest BCUT2D eigenvalue weighted by Crippen LogP contribution is -1.99. The van der Waals surface area contributed by atoms with Crippen molar-refractivity contribution in [2.75, 3.05) is 0 Å². The topological polar surface area (TPSA) is 46.8 Å². The van der Waals surface area contributed by atoms with Crippen molar-refractivity contribution in [3.05, 3.63) is 45.5 Å². The molecule has 0 aliphatic carbocycles. The molecule has 0 radical (unpaired) electrons. The smallest absolute Gasteiger partial charge is 0.178 e. The molecule has 3 rings (SSSR count). The van der Waals surface area contributed by atoms with Gasteiger partial charge in [-0.15, -0.1) is 0 Å². The average Bonchev–Trinajstić information content (AvgIpc) is 2.88. The lowest BCUT2D eigenvalue weighted by Gasteiger charge is -2.00. The Bertz CT molecular complexity index is 714. The molecular weight excluding hydrogens is 302 g/mol. The zero-order valence-corrected chi connectivity index (χ0v) is 11.1. The summed E-state index contributed by atoms with van der Waals surface area (Å²) >= 11 is 8.74. The second-order valence-electron chi connectivity index (χ2n) is 3.67. The highest BCUT2D eigenvalue weighted by Crippen LogP contribution is 2.20. The Morgan fingerprint density at radius 3 is 3.06 bits per heavy atom. The Balaban J connectivity index is 2.16. The van der Waals surface area contributed by atoms with Crippen LogP contribution >= 0.6 is 28.1 Å². The highest BCUT2D eigenvalue weighted by molar-refractivity contribution is 9.10. The van der Waals surface area contributed by atoms with Gasteiger partial charge in [0.05, 0.1) is 17.6 Å². The van der Waals surface area contributed by atoms with E-state index in [-0.39, 0.29) is 0 Å². The van der Waals surface area contributed by atoms with Crippen LogP contribution in [-0.4, -0.2) is 14.7 Å². The van der Waals surface area contributed by atoms with Gasteiger partial charge in [-0.2, -0.15) is 0 Å². The third kappa shape index (κ3) is 1.94. The number of fused-ring (bicyclic) bond motifs is 1. The van der Waals surface area contributed by atoms with Gasteiger partial charge in [0, 0.05) is 10.5 Å². The monoisotopic (exact) mass is 309 g/mol. The molecule has 0 fully saturated rings. The van der Waals surface area contributed by atoms with Gasteiger partial charge in [-0.05, 0) is 30.4 Å². The normalized spacial score (nSPS) is 11.1. The van der Waals surface area contributed by atoms with Crippen LogP contribution in [0.4, 0.5) is 0 Å². The van der Waals surface area contributed by atoms with Gasteiger partial charge in [0.15, 0.2) is 4.77 Å². The molecule has 0 amide bonds. The minimum atomic E-state index is 0.608. The maximum atomic E-state index is 5.30. The zero-order valence-electron chi connectivity index (χ0n) is 8.68. The first kappa shape index (κ1) is 10.7. The summed E-state index contributed by atoms with van der Waals surface area (Å²) in [6.45, 7) is 0.608. The fraction of sp³-hybridized carbons (Fsp3) is 0.0909. The zero-order chi connectivity index (χ0) is 11.8. The molecule has 0 aliphatic heterocycles. The number of aromatic amines is 1. The van der Waals surface area contributed by atoms with Crippen molar-refractivity contribution in [1.29, 1.82) is 0 Å². The minimum Gasteiger partial charge on any atom is -0.364 e. The van der Waals surface area contributed by atoms with Crippen LogP contribution < -0.4 is 0 Å². The summed E-state index contributed by atoms with van der Waals surface area (Å²) in [5.41, 5.74) is 2.92. The van der Waals surface area contributed by atoms with E-state index in [0.29, 0.717) is 11.3 Å². The summed E-state index contributed by atoms with van der Waals surface area (Å²) in [6.07, 6.45) is 1.56. The molecule has 3 aromatic rings. The Morgan fingerprint density at radius 1 is 1.41 bits per heavy atom. The number of hydrogen-bond donors (Lipinski definition) is 1. The molecule has 0 saturated carbocycles. The number of imidazole rings is 1. The van der Waals surface area contributed by atoms with E-state index in [4.69, 9.17) is 16.7 Å². The summed E-state index contributed by atoms with van der Waals surface area (Å²) in [6, 6.07) is 7.85. The first-order valence-corrected chi connectivity index (χ1v) is 6.21. The molecule has 4 nitrogen and oxygen atoms in total. The second-order valence-corrected chi connectivity index (χ2v) is 4.97. The summed E-state index contributed by atoms with van der Waals surface area (Å²) in [4.78, 5) is 3.17. The number of H-pyrrole nitrogens is 1. The van der Waals surface area contributed by atoms with Gasteiger partial charge in [-0.25, -0.2) is 0 Å². The molecule has 0 aliphatic rings. The maximum Gasteiger partial charge on any atom is 0.178 e. The standard InChI is InChI=1S/C11H8BrN3OS/c12-7-1-2-10-9(5-7)13-11(17)15(10)6-8-3-4-16-14-8/h1-5H,6H2,(H,13,17). The second kappa shape index (κ2) is 4.12. The number of benzene rings is 1. The van der Waals surface area contributed by atoms with Crippen molar-refractivity contribution in [1.82, 2.24) is 14.7 Å². The van der Waals surface area contributed by atoms with Crippen molar-refractivity contribution in [3.8, 4) is 0 Å². The van der Waals surface area contributed by atoms with E-state index in [9.17, 15) is 0 Å². The fourth-order valence-electron chi connectivity index (χ4n) is 1.77. The van der Waals surface area contributed by atoms with Crippen molar-refractivity contribution >= 4 is 39.2 Å². The minimum absolute atomic E-state index is 0.608. The molecular formula is C11H8BrN3OS. The van der Waals surface area contributed by atoms with Gasteiger partial charge in [-0.3, -0.25) is 0 Å². The van der Waals surface area contributed by atoms with E-state index >= 15 is 0 Å². The molecule has 0 bridgehead atoms. The van der Waals surface area contributed by atoms with Gasteiger partial charge >= 0.3 is 0 Å². The lowest BCUT2D eigenvalue weighted by molar-refractivity contribution is 0.410. The Kier molecular flexibility index (Phi) is 2.60. The number of halogens is 1. The summed E-state index contributed by atoms with van der Waals surface area (Å²) in [5, 5.41) is 3.89. The van der Waals surface area contributed by atoms with Crippen LogP contribution in [0.15, 0.2) is 39.5 Å². The maximum absolute atomic E-state index is 5.30. The first-order chi connectivity index (χ1) is 8.24. The van der Waals surface area contributed by atoms with Gasteiger partial charge < -0.3 is 14.1 Å². The van der Waals surface area contributed by atoms with Crippen molar-refractivity contribution < 1.29 is 4.52 Å². The van der Waals surface area contributed by atoms with E-state index in [1.807, 2.05) is 28.8 Å². The molecule has 0 saturated heterocycles. The van der Waals surface area contributed by atoms with Crippen LogP contribution in [0.2, 0.25) is 0 Å². The molecule has 0 unspecified atom stereocenters. The van der Waals surface area contributed by atoms with Crippen LogP contribution in [0.5, 0.6) is 0 Å². The number of aromatic nitrogens is 3. The van der Waals surface area contributed by atoms with Crippen LogP contribution in [0.25, 0.3) is 11.0 Å². The largest absolute Gasteiger partial charge is 0.364 e. The van der Waals surface area contributed by atoms with Crippen molar-refractivity contribution in [3.63, 3.8) is 0 Å². The highest BCUT2D eigenvalue weighted by Gasteiger charge is 2.06. The third-order valence-electron chi connectivity index (χ3n) is 2.55. The van der Waals surface area contributed by atoms with Crippen molar-refractivity contribution in [2.45, 2.75) is 6.54 Å². The van der Waals surface area contributed by atoms with Crippen LogP contribution in [-0.2, 0) is 6.54 Å². The summed E-state index contributed by atoms with van der Waals surface area (Å²) in [7, 11) is 0. The Labute approximate surface area is 110 Å². The predicted octanol–water partition coefficient (Wildman–Crippen LogP) is 3.50. The Hall–Kier alpha value is -1.40. The number of nitrogens with zero attached hydrogens (tertiary/aromatic N) is 2. The SMILES string of the molecule is S=c1[nH]c2cc(Br)ccc2n1Cc1ccon1. The lowest BCUT2D eigenvalue weighted by atomic mass is 10.3. The molecule has 1 N–H and O–H groups in total. The fourth-order valence-corrected chi connectivity index (χ4v) is 2.41. The van der Waals surface area contributed by atoms with E-state index in [0.717, 1.165) is 21.2 Å². The quantitative estimate of drug-likeness (QED) is 0.737. The predicted molar refractivity (Wildman–Crippen MR) is 70.4 cm³/mol. The van der Waals surface area contributed by atoms with E-state index in [1.54, 1.807) is 6.26 Å². The van der Waals surface area contributed by atoms with E-state index in [1.165, 1.54) is 0 Å². The van der Waals surface area contributed by atoms with Crippen LogP contribution in [0, 0.1) is 4.77 Å². The van der Waals surface area contributed by atoms with E-state index < -0.39 is 0 Å². The molecule has 17 heavy (non-hydrogen) atoms. The number of nitrogens with one attached hydrogen (secondary N) is 1. The van der Waals surface area contributed by atoms with E-state index in [2.05, 4.69) is 26.1 Å². The molecule has 0 atom stereocenters. The summed E-state index contributed by atoms with van der Waals surface area (Å²) in [5.74, 6) is 0. The summed E-state index contributed by atoms with van der Waals surface area (Å²) < 4.78 is 8.52. The van der Waals surface area contributed by atoms with Gasteiger partial charge in [0.25, 0.3) is 0 Å². The molecule has 2 aromatic heterocycles. The molecule has 2 heterocycles. The highest BCUT2D eigenvalue weighted by atomic mass is 79.9. The molecule has 6 heteroatoms. The molecule has 0 spiro atoms. The van der Waals surface area contributed by atoms with Gasteiger partial charge in [-0.1, -0.05) is 21.1 Å². The Morgan fingerprint density at radius 2 is 2.29 bits per heavy atom. The van der Waals surface area contributed by atoms with Crippen LogP contribution in [0.3, 0.4) is 0 Å².